The molecule has 0 atom stereocenters. The van der Waals surface area contributed by atoms with Gasteiger partial charge in [-0.1, -0.05) is 0 Å². The molecule has 106 valence electrons. The summed E-state index contributed by atoms with van der Waals surface area (Å²) in [6.45, 7) is 0. The number of benzene rings is 2. The van der Waals surface area contributed by atoms with Gasteiger partial charge in [-0.2, -0.15) is 0 Å². The minimum absolute atomic E-state index is 0.131. The number of hydrogen-bond donors (Lipinski definition) is 0. The van der Waals surface area contributed by atoms with Crippen LogP contribution >= 0.6 is 0 Å². The predicted octanol–water partition coefficient (Wildman–Crippen LogP) is 4.15. The number of furan rings is 1. The molecule has 0 radical (unpaired) electrons. The zero-order chi connectivity index (χ0) is 14.8. The van der Waals surface area contributed by atoms with Gasteiger partial charge < -0.3 is 13.9 Å². The van der Waals surface area contributed by atoms with Crippen LogP contribution in [0.5, 0.6) is 11.5 Å². The highest BCUT2D eigenvalue weighted by Gasteiger charge is 2.12. The number of rotatable bonds is 3. The van der Waals surface area contributed by atoms with Gasteiger partial charge in [0.05, 0.1) is 7.11 Å². The number of esters is 1. The summed E-state index contributed by atoms with van der Waals surface area (Å²) >= 11 is 0. The van der Waals surface area contributed by atoms with Crippen LogP contribution < -0.4 is 4.74 Å². The normalized spacial score (nSPS) is 10.6. The first-order valence-electron chi connectivity index (χ1n) is 6.21. The maximum Gasteiger partial charge on any atom is 0.373 e. The highest BCUT2D eigenvalue weighted by molar-refractivity contribution is 5.92. The molecule has 0 bridgehead atoms. The zero-order valence-corrected chi connectivity index (χ0v) is 11.1. The molecule has 5 heteroatoms. The smallest absolute Gasteiger partial charge is 0.373 e. The number of ether oxygens (including phenoxy) is 2. The summed E-state index contributed by atoms with van der Waals surface area (Å²) in [7, 11) is 1.29. The molecule has 0 spiro atoms. The van der Waals surface area contributed by atoms with Gasteiger partial charge in [-0.3, -0.25) is 0 Å². The number of carbonyl (C=O) groups excluding carboxylic acids is 1. The quantitative estimate of drug-likeness (QED) is 0.679. The lowest BCUT2D eigenvalue weighted by molar-refractivity contribution is 0.0567. The molecule has 0 amide bonds. The molecule has 3 rings (SSSR count). The van der Waals surface area contributed by atoms with Crippen LogP contribution in [0.4, 0.5) is 4.39 Å². The van der Waals surface area contributed by atoms with Gasteiger partial charge in [0.15, 0.2) is 0 Å². The minimum Gasteiger partial charge on any atom is -0.463 e. The fourth-order valence-electron chi connectivity index (χ4n) is 1.92. The van der Waals surface area contributed by atoms with E-state index < -0.39 is 5.97 Å². The van der Waals surface area contributed by atoms with E-state index in [1.54, 1.807) is 24.3 Å². The average molecular weight is 286 g/mol. The Labute approximate surface area is 119 Å². The molecule has 2 aromatic carbocycles. The van der Waals surface area contributed by atoms with Crippen molar-refractivity contribution < 1.29 is 23.1 Å². The Balaban J connectivity index is 1.90. The molecular formula is C16H11FO4. The maximum atomic E-state index is 12.8. The van der Waals surface area contributed by atoms with E-state index in [4.69, 9.17) is 9.15 Å². The molecule has 0 saturated carbocycles. The Morgan fingerprint density at radius 2 is 1.76 bits per heavy atom. The van der Waals surface area contributed by atoms with Crippen LogP contribution in [-0.4, -0.2) is 13.1 Å². The molecule has 0 N–H and O–H groups in total. The van der Waals surface area contributed by atoms with Gasteiger partial charge in [0.2, 0.25) is 5.76 Å². The number of fused-ring (bicyclic) bond motifs is 1. The van der Waals surface area contributed by atoms with Crippen LogP contribution in [0.2, 0.25) is 0 Å². The SMILES string of the molecule is COC(=O)c1cc2cc(Oc3ccc(F)cc3)ccc2o1. The van der Waals surface area contributed by atoms with Crippen molar-refractivity contribution in [2.75, 3.05) is 7.11 Å². The van der Waals surface area contributed by atoms with Gasteiger partial charge in [-0.15, -0.1) is 0 Å². The van der Waals surface area contributed by atoms with Crippen molar-refractivity contribution in [2.24, 2.45) is 0 Å². The van der Waals surface area contributed by atoms with Gasteiger partial charge in [0.1, 0.15) is 22.9 Å². The number of methoxy groups -OCH3 is 1. The molecule has 21 heavy (non-hydrogen) atoms. The second kappa shape index (κ2) is 5.28. The van der Waals surface area contributed by atoms with Gasteiger partial charge in [0.25, 0.3) is 0 Å². The summed E-state index contributed by atoms with van der Waals surface area (Å²) in [5, 5.41) is 0.718. The highest BCUT2D eigenvalue weighted by atomic mass is 19.1. The maximum absolute atomic E-state index is 12.8. The molecule has 0 fully saturated rings. The third-order valence-electron chi connectivity index (χ3n) is 2.92. The Morgan fingerprint density at radius 1 is 1.05 bits per heavy atom. The first kappa shape index (κ1) is 13.2. The molecule has 0 aliphatic rings. The first-order chi connectivity index (χ1) is 10.2. The summed E-state index contributed by atoms with van der Waals surface area (Å²) < 4.78 is 28.4. The van der Waals surface area contributed by atoms with Crippen molar-refractivity contribution in [2.45, 2.75) is 0 Å². The second-order valence-corrected chi connectivity index (χ2v) is 4.36. The van der Waals surface area contributed by atoms with E-state index >= 15 is 0 Å². The molecule has 0 aliphatic carbocycles. The van der Waals surface area contributed by atoms with Crippen molar-refractivity contribution in [1.29, 1.82) is 0 Å². The van der Waals surface area contributed by atoms with Crippen LogP contribution in [0.25, 0.3) is 11.0 Å². The topological polar surface area (TPSA) is 48.7 Å². The third kappa shape index (κ3) is 2.72. The van der Waals surface area contributed by atoms with E-state index in [0.717, 1.165) is 5.39 Å². The molecule has 1 aromatic heterocycles. The summed E-state index contributed by atoms with van der Waals surface area (Å²) in [6, 6.07) is 12.4. The van der Waals surface area contributed by atoms with Gasteiger partial charge in [0, 0.05) is 5.39 Å². The minimum atomic E-state index is -0.535. The van der Waals surface area contributed by atoms with Gasteiger partial charge >= 0.3 is 5.97 Å². The second-order valence-electron chi connectivity index (χ2n) is 4.36. The fraction of sp³-hybridized carbons (Fsp3) is 0.0625. The largest absolute Gasteiger partial charge is 0.463 e. The van der Waals surface area contributed by atoms with Gasteiger partial charge in [-0.05, 0) is 48.5 Å². The van der Waals surface area contributed by atoms with E-state index in [0.29, 0.717) is 17.1 Å². The van der Waals surface area contributed by atoms with Crippen molar-refractivity contribution >= 4 is 16.9 Å². The van der Waals surface area contributed by atoms with E-state index in [-0.39, 0.29) is 11.6 Å². The zero-order valence-electron chi connectivity index (χ0n) is 11.1. The number of halogens is 1. The molecule has 0 saturated heterocycles. The predicted molar refractivity (Wildman–Crippen MR) is 74.0 cm³/mol. The van der Waals surface area contributed by atoms with Crippen molar-refractivity contribution in [3.8, 4) is 11.5 Å². The van der Waals surface area contributed by atoms with E-state index in [2.05, 4.69) is 4.74 Å². The third-order valence-corrected chi connectivity index (χ3v) is 2.92. The van der Waals surface area contributed by atoms with Crippen molar-refractivity contribution in [3.63, 3.8) is 0 Å². The molecule has 1 heterocycles. The monoisotopic (exact) mass is 286 g/mol. The highest BCUT2D eigenvalue weighted by Crippen LogP contribution is 2.28. The standard InChI is InChI=1S/C16H11FO4/c1-19-16(18)15-9-10-8-13(6-7-14(10)21-15)20-12-4-2-11(17)3-5-12/h2-9H,1H3. The van der Waals surface area contributed by atoms with E-state index in [9.17, 15) is 9.18 Å². The average Bonchev–Trinajstić information content (AvgIpc) is 2.92. The lowest BCUT2D eigenvalue weighted by Crippen LogP contribution is -1.97. The Bertz CT molecular complexity index is 790. The number of hydrogen-bond acceptors (Lipinski definition) is 4. The Kier molecular flexibility index (Phi) is 3.31. The van der Waals surface area contributed by atoms with Gasteiger partial charge in [-0.25, -0.2) is 9.18 Å². The van der Waals surface area contributed by atoms with Crippen LogP contribution in [0.15, 0.2) is 52.9 Å². The van der Waals surface area contributed by atoms with Crippen LogP contribution in [0.3, 0.4) is 0 Å². The van der Waals surface area contributed by atoms with Crippen molar-refractivity contribution in [1.82, 2.24) is 0 Å². The first-order valence-corrected chi connectivity index (χ1v) is 6.21. The summed E-state index contributed by atoms with van der Waals surface area (Å²) in [5.74, 6) is 0.354. The van der Waals surface area contributed by atoms with Crippen LogP contribution in [0.1, 0.15) is 10.6 Å². The lowest BCUT2D eigenvalue weighted by atomic mass is 10.2. The van der Waals surface area contributed by atoms with E-state index in [1.165, 1.54) is 31.4 Å². The Hall–Kier alpha value is -2.82. The molecule has 3 aromatic rings. The van der Waals surface area contributed by atoms with Crippen LogP contribution in [0, 0.1) is 5.82 Å². The summed E-state index contributed by atoms with van der Waals surface area (Å²) in [6.07, 6.45) is 0. The summed E-state index contributed by atoms with van der Waals surface area (Å²) in [5.41, 5.74) is 0.557. The molecular weight excluding hydrogens is 275 g/mol. The fourth-order valence-corrected chi connectivity index (χ4v) is 1.92. The van der Waals surface area contributed by atoms with Crippen LogP contribution in [-0.2, 0) is 4.74 Å². The molecule has 4 nitrogen and oxygen atoms in total. The lowest BCUT2D eigenvalue weighted by Gasteiger charge is -2.05. The molecule has 0 unspecified atom stereocenters. The molecule has 0 aliphatic heterocycles. The van der Waals surface area contributed by atoms with E-state index in [1.807, 2.05) is 0 Å². The Morgan fingerprint density at radius 3 is 2.48 bits per heavy atom. The summed E-state index contributed by atoms with van der Waals surface area (Å²) in [4.78, 5) is 11.4. The van der Waals surface area contributed by atoms with Crippen molar-refractivity contribution in [3.05, 3.63) is 60.1 Å². The number of carbonyl (C=O) groups is 1.